The summed E-state index contributed by atoms with van der Waals surface area (Å²) in [6.07, 6.45) is 1.34. The Bertz CT molecular complexity index is 657. The van der Waals surface area contributed by atoms with Crippen molar-refractivity contribution in [1.29, 1.82) is 5.26 Å². The number of carbonyl (C=O) groups excluding carboxylic acids is 1. The molecule has 0 aliphatic carbocycles. The van der Waals surface area contributed by atoms with Gasteiger partial charge in [-0.15, -0.1) is 0 Å². The van der Waals surface area contributed by atoms with Crippen LogP contribution in [-0.2, 0) is 6.42 Å². The number of benzene rings is 1. The summed E-state index contributed by atoms with van der Waals surface area (Å²) in [5.74, 6) is -0.175. The van der Waals surface area contributed by atoms with Crippen LogP contribution in [0.25, 0.3) is 0 Å². The molecule has 0 saturated heterocycles. The quantitative estimate of drug-likeness (QED) is 0.915. The van der Waals surface area contributed by atoms with Crippen molar-refractivity contribution in [2.24, 2.45) is 0 Å². The fourth-order valence-electron chi connectivity index (χ4n) is 2.10. The Hall–Kier alpha value is -2.12. The first-order chi connectivity index (χ1) is 10.0. The highest BCUT2D eigenvalue weighted by Gasteiger charge is 2.27. The molecule has 3 nitrogen and oxygen atoms in total. The molecule has 2 aromatic rings. The molecule has 1 aromatic heterocycles. The van der Waals surface area contributed by atoms with Crippen LogP contribution in [0, 0.1) is 18.3 Å². The summed E-state index contributed by atoms with van der Waals surface area (Å²) >= 11 is 1.49. The Morgan fingerprint density at radius 3 is 2.62 bits per heavy atom. The number of nitrogens with one attached hydrogen (secondary N) is 1. The van der Waals surface area contributed by atoms with Crippen molar-refractivity contribution in [1.82, 2.24) is 5.32 Å². The lowest BCUT2D eigenvalue weighted by molar-refractivity contribution is 0.0921. The molecule has 1 N–H and O–H groups in total. The fourth-order valence-corrected chi connectivity index (χ4v) is 2.92. The Balaban J connectivity index is 2.03. The minimum absolute atomic E-state index is 0.175. The Morgan fingerprint density at radius 1 is 1.33 bits per heavy atom. The van der Waals surface area contributed by atoms with Crippen LogP contribution in [0.3, 0.4) is 0 Å². The largest absolute Gasteiger partial charge is 0.334 e. The molecule has 0 aliphatic rings. The van der Waals surface area contributed by atoms with Crippen LogP contribution in [0.1, 0.15) is 34.8 Å². The first-order valence-corrected chi connectivity index (χ1v) is 7.79. The van der Waals surface area contributed by atoms with E-state index in [0.717, 1.165) is 12.0 Å². The van der Waals surface area contributed by atoms with E-state index in [9.17, 15) is 10.1 Å². The minimum Gasteiger partial charge on any atom is -0.334 e. The third-order valence-corrected chi connectivity index (χ3v) is 4.35. The lowest BCUT2D eigenvalue weighted by atomic mass is 9.94. The summed E-state index contributed by atoms with van der Waals surface area (Å²) in [7, 11) is 0. The van der Waals surface area contributed by atoms with Gasteiger partial charge in [0.25, 0.3) is 5.91 Å². The molecule has 108 valence electrons. The van der Waals surface area contributed by atoms with Crippen molar-refractivity contribution in [3.63, 3.8) is 0 Å². The summed E-state index contributed by atoms with van der Waals surface area (Å²) in [5, 5.41) is 16.0. The van der Waals surface area contributed by atoms with Crippen molar-refractivity contribution >= 4 is 17.2 Å². The molecule has 0 aliphatic heterocycles. The first kappa shape index (κ1) is 15.3. The van der Waals surface area contributed by atoms with Crippen LogP contribution >= 0.6 is 11.3 Å². The molecule has 2 rings (SSSR count). The molecule has 0 saturated carbocycles. The predicted molar refractivity (Wildman–Crippen MR) is 85.3 cm³/mol. The van der Waals surface area contributed by atoms with E-state index in [1.54, 1.807) is 6.92 Å². The summed E-state index contributed by atoms with van der Waals surface area (Å²) < 4.78 is 0. The maximum Gasteiger partial charge on any atom is 0.253 e. The number of thiophene rings is 1. The van der Waals surface area contributed by atoms with Crippen molar-refractivity contribution in [2.75, 3.05) is 0 Å². The van der Waals surface area contributed by atoms with Gasteiger partial charge in [0.1, 0.15) is 5.54 Å². The first-order valence-electron chi connectivity index (χ1n) is 6.84. The normalized spacial score (nSPS) is 13.2. The zero-order valence-electron chi connectivity index (χ0n) is 12.2. The number of aryl methyl sites for hydroxylation is 2. The second kappa shape index (κ2) is 6.55. The van der Waals surface area contributed by atoms with Gasteiger partial charge >= 0.3 is 0 Å². The van der Waals surface area contributed by atoms with Crippen molar-refractivity contribution in [3.05, 3.63) is 57.8 Å². The zero-order chi connectivity index (χ0) is 15.3. The zero-order valence-corrected chi connectivity index (χ0v) is 13.0. The van der Waals surface area contributed by atoms with Gasteiger partial charge in [0, 0.05) is 5.38 Å². The number of nitrogens with zero attached hydrogens (tertiary/aromatic N) is 1. The average molecular weight is 298 g/mol. The maximum absolute atomic E-state index is 12.3. The Morgan fingerprint density at radius 2 is 2.05 bits per heavy atom. The van der Waals surface area contributed by atoms with E-state index in [0.29, 0.717) is 12.0 Å². The molecule has 0 fully saturated rings. The van der Waals surface area contributed by atoms with Gasteiger partial charge < -0.3 is 5.32 Å². The van der Waals surface area contributed by atoms with Crippen LogP contribution in [0.2, 0.25) is 0 Å². The maximum atomic E-state index is 12.3. The molecule has 4 heteroatoms. The van der Waals surface area contributed by atoms with Gasteiger partial charge in [-0.1, -0.05) is 30.3 Å². The number of carbonyl (C=O) groups is 1. The molecule has 1 heterocycles. The van der Waals surface area contributed by atoms with E-state index in [1.807, 2.05) is 48.0 Å². The van der Waals surface area contributed by atoms with E-state index < -0.39 is 5.54 Å². The van der Waals surface area contributed by atoms with E-state index in [2.05, 4.69) is 11.4 Å². The number of nitriles is 1. The minimum atomic E-state index is -0.860. The molecule has 1 atom stereocenters. The molecule has 0 radical (unpaired) electrons. The van der Waals surface area contributed by atoms with Gasteiger partial charge in [0.05, 0.1) is 11.6 Å². The second-order valence-electron chi connectivity index (χ2n) is 5.35. The second-order valence-corrected chi connectivity index (χ2v) is 6.10. The Labute approximate surface area is 129 Å². The van der Waals surface area contributed by atoms with Gasteiger partial charge in [-0.2, -0.15) is 16.6 Å². The molecular formula is C17H18N2OS. The third-order valence-electron chi connectivity index (χ3n) is 3.49. The smallest absolute Gasteiger partial charge is 0.253 e. The third kappa shape index (κ3) is 3.93. The highest BCUT2D eigenvalue weighted by molar-refractivity contribution is 7.08. The van der Waals surface area contributed by atoms with Crippen LogP contribution in [0.5, 0.6) is 0 Å². The molecule has 1 amide bonds. The molecule has 1 aromatic carbocycles. The van der Waals surface area contributed by atoms with E-state index >= 15 is 0 Å². The highest BCUT2D eigenvalue weighted by Crippen LogP contribution is 2.18. The van der Waals surface area contributed by atoms with Crippen molar-refractivity contribution < 1.29 is 4.79 Å². The Kier molecular flexibility index (Phi) is 4.77. The monoisotopic (exact) mass is 298 g/mol. The number of hydrogen-bond donors (Lipinski definition) is 1. The number of rotatable bonds is 5. The topological polar surface area (TPSA) is 52.9 Å². The SMILES string of the molecule is Cc1cscc1C(=O)N[C@@](C)(C#N)CCc1ccccc1. The van der Waals surface area contributed by atoms with Crippen molar-refractivity contribution in [2.45, 2.75) is 32.2 Å². The van der Waals surface area contributed by atoms with Gasteiger partial charge in [-0.3, -0.25) is 4.79 Å². The number of amides is 1. The molecule has 0 bridgehead atoms. The van der Waals surface area contributed by atoms with Crippen LogP contribution in [-0.4, -0.2) is 11.4 Å². The van der Waals surface area contributed by atoms with Gasteiger partial charge in [0.15, 0.2) is 0 Å². The van der Waals surface area contributed by atoms with E-state index in [4.69, 9.17) is 0 Å². The van der Waals surface area contributed by atoms with Crippen molar-refractivity contribution in [3.8, 4) is 6.07 Å². The predicted octanol–water partition coefficient (Wildman–Crippen LogP) is 3.70. The summed E-state index contributed by atoms with van der Waals surface area (Å²) in [4.78, 5) is 12.3. The molecule has 0 spiro atoms. The lowest BCUT2D eigenvalue weighted by Crippen LogP contribution is -2.45. The summed E-state index contributed by atoms with van der Waals surface area (Å²) in [5.41, 5.74) is 1.91. The summed E-state index contributed by atoms with van der Waals surface area (Å²) in [6, 6.07) is 12.2. The van der Waals surface area contributed by atoms with Gasteiger partial charge in [-0.05, 0) is 43.2 Å². The van der Waals surface area contributed by atoms with Crippen LogP contribution < -0.4 is 5.32 Å². The lowest BCUT2D eigenvalue weighted by Gasteiger charge is -2.23. The fraction of sp³-hybridized carbons (Fsp3) is 0.294. The molecular weight excluding hydrogens is 280 g/mol. The molecule has 0 unspecified atom stereocenters. The van der Waals surface area contributed by atoms with E-state index in [-0.39, 0.29) is 5.91 Å². The van der Waals surface area contributed by atoms with Gasteiger partial charge in [-0.25, -0.2) is 0 Å². The highest BCUT2D eigenvalue weighted by atomic mass is 32.1. The summed E-state index contributed by atoms with van der Waals surface area (Å²) in [6.45, 7) is 3.68. The number of hydrogen-bond acceptors (Lipinski definition) is 3. The average Bonchev–Trinajstić information content (AvgIpc) is 2.92. The van der Waals surface area contributed by atoms with Crippen LogP contribution in [0.15, 0.2) is 41.1 Å². The molecule has 21 heavy (non-hydrogen) atoms. The standard InChI is InChI=1S/C17H18N2OS/c1-13-10-21-11-15(13)16(20)19-17(2,12-18)9-8-14-6-4-3-5-7-14/h3-7,10-11H,8-9H2,1-2H3,(H,19,20)/t17-/m1/s1. The van der Waals surface area contributed by atoms with Gasteiger partial charge in [0.2, 0.25) is 0 Å². The van der Waals surface area contributed by atoms with E-state index in [1.165, 1.54) is 16.9 Å². The van der Waals surface area contributed by atoms with Crippen LogP contribution in [0.4, 0.5) is 0 Å².